The predicted molar refractivity (Wildman–Crippen MR) is 93.5 cm³/mol. The zero-order chi connectivity index (χ0) is 20.1. The Hall–Kier alpha value is -2.42. The van der Waals surface area contributed by atoms with Gasteiger partial charge >= 0.3 is 12.1 Å². The summed E-state index contributed by atoms with van der Waals surface area (Å²) in [6, 6.07) is 6.60. The Labute approximate surface area is 160 Å². The third-order valence-electron chi connectivity index (χ3n) is 4.39. The average Bonchev–Trinajstić information content (AvgIpc) is 3.31. The lowest BCUT2D eigenvalue weighted by Crippen LogP contribution is -2.31. The molecule has 1 aliphatic rings. The zero-order valence-corrected chi connectivity index (χ0v) is 15.5. The molecule has 0 N–H and O–H groups in total. The van der Waals surface area contributed by atoms with E-state index in [-0.39, 0.29) is 18.3 Å². The molecule has 9 heteroatoms. The highest BCUT2D eigenvalue weighted by Crippen LogP contribution is 2.33. The molecule has 28 heavy (non-hydrogen) atoms. The third kappa shape index (κ3) is 5.54. The Morgan fingerprint density at radius 1 is 1.29 bits per heavy atom. The molecule has 1 heterocycles. The van der Waals surface area contributed by atoms with E-state index in [2.05, 4.69) is 14.7 Å². The van der Waals surface area contributed by atoms with E-state index in [0.29, 0.717) is 24.5 Å². The van der Waals surface area contributed by atoms with Gasteiger partial charge in [0.1, 0.15) is 0 Å². The van der Waals surface area contributed by atoms with Crippen LogP contribution in [0.15, 0.2) is 28.8 Å². The van der Waals surface area contributed by atoms with Crippen molar-refractivity contribution >= 4 is 5.91 Å². The molecule has 1 aromatic carbocycles. The predicted octanol–water partition coefficient (Wildman–Crippen LogP) is 4.62. The van der Waals surface area contributed by atoms with Crippen LogP contribution in [0.3, 0.4) is 0 Å². The number of rotatable bonds is 9. The molecule has 0 aliphatic heterocycles. The molecule has 6 nitrogen and oxygen atoms in total. The van der Waals surface area contributed by atoms with Gasteiger partial charge in [-0.15, -0.1) is 0 Å². The molecule has 1 aromatic heterocycles. The minimum atomic E-state index is -4.68. The maximum atomic E-state index is 12.6. The molecule has 0 atom stereocenters. The molecule has 1 amide bonds. The summed E-state index contributed by atoms with van der Waals surface area (Å²) in [4.78, 5) is 21.5. The van der Waals surface area contributed by atoms with E-state index in [1.165, 1.54) is 5.06 Å². The van der Waals surface area contributed by atoms with E-state index in [1.54, 1.807) is 24.3 Å². The molecule has 0 bridgehead atoms. The molecular formula is C19H22F3N3O3. The summed E-state index contributed by atoms with van der Waals surface area (Å²) in [5.41, 5.74) is 1.19. The van der Waals surface area contributed by atoms with Crippen LogP contribution < -0.4 is 0 Å². The average molecular weight is 397 g/mol. The summed E-state index contributed by atoms with van der Waals surface area (Å²) in [7, 11) is 0. The van der Waals surface area contributed by atoms with Crippen molar-refractivity contribution < 1.29 is 27.3 Å². The van der Waals surface area contributed by atoms with Gasteiger partial charge in [0.15, 0.2) is 0 Å². The molecule has 3 rings (SSSR count). The number of carbonyl (C=O) groups excluding carboxylic acids is 1. The minimum absolute atomic E-state index is 0.0457. The highest BCUT2D eigenvalue weighted by atomic mass is 19.4. The quantitative estimate of drug-likeness (QED) is 0.456. The van der Waals surface area contributed by atoms with Gasteiger partial charge in [-0.25, -0.2) is 5.06 Å². The van der Waals surface area contributed by atoms with Gasteiger partial charge < -0.3 is 4.52 Å². The Morgan fingerprint density at radius 3 is 2.57 bits per heavy atom. The van der Waals surface area contributed by atoms with Crippen molar-refractivity contribution in [3.8, 4) is 11.4 Å². The fraction of sp³-hybridized carbons (Fsp3) is 0.526. The first-order valence-corrected chi connectivity index (χ1v) is 9.30. The van der Waals surface area contributed by atoms with Crippen molar-refractivity contribution in [2.45, 2.75) is 51.7 Å². The maximum absolute atomic E-state index is 12.6. The number of hydrogen-bond acceptors (Lipinski definition) is 5. The molecule has 1 aliphatic carbocycles. The lowest BCUT2D eigenvalue weighted by Gasteiger charge is -2.22. The van der Waals surface area contributed by atoms with Crippen LogP contribution in [0.2, 0.25) is 0 Å². The summed E-state index contributed by atoms with van der Waals surface area (Å²) in [6.07, 6.45) is -0.228. The summed E-state index contributed by atoms with van der Waals surface area (Å²) in [5, 5.41) is 4.75. The molecular weight excluding hydrogens is 375 g/mol. The van der Waals surface area contributed by atoms with E-state index in [4.69, 9.17) is 4.84 Å². The number of aromatic nitrogens is 2. The van der Waals surface area contributed by atoms with Crippen LogP contribution in [0.25, 0.3) is 11.4 Å². The Morgan fingerprint density at radius 2 is 2.00 bits per heavy atom. The van der Waals surface area contributed by atoms with E-state index in [0.717, 1.165) is 31.2 Å². The first kappa shape index (κ1) is 20.3. The lowest BCUT2D eigenvalue weighted by molar-refractivity contribution is -0.191. The van der Waals surface area contributed by atoms with Crippen molar-refractivity contribution in [2.75, 3.05) is 6.61 Å². The highest BCUT2D eigenvalue weighted by Gasteiger charge is 2.38. The van der Waals surface area contributed by atoms with Gasteiger partial charge in [-0.05, 0) is 30.7 Å². The van der Waals surface area contributed by atoms with Crippen molar-refractivity contribution in [1.29, 1.82) is 0 Å². The molecule has 2 aromatic rings. The van der Waals surface area contributed by atoms with Crippen LogP contribution in [-0.4, -0.2) is 27.7 Å². The number of nitrogens with zero attached hydrogens (tertiary/aromatic N) is 3. The molecule has 0 saturated heterocycles. The van der Waals surface area contributed by atoms with Crippen molar-refractivity contribution in [3.63, 3.8) is 0 Å². The Balaban J connectivity index is 1.66. The van der Waals surface area contributed by atoms with E-state index < -0.39 is 12.1 Å². The topological polar surface area (TPSA) is 68.5 Å². The maximum Gasteiger partial charge on any atom is 0.471 e. The number of benzene rings is 1. The van der Waals surface area contributed by atoms with Crippen LogP contribution >= 0.6 is 0 Å². The van der Waals surface area contributed by atoms with Crippen molar-refractivity contribution in [2.24, 2.45) is 5.92 Å². The molecule has 152 valence electrons. The normalized spacial score (nSPS) is 14.3. The second-order valence-corrected chi connectivity index (χ2v) is 6.88. The summed E-state index contributed by atoms with van der Waals surface area (Å²) in [6.45, 7) is 2.78. The third-order valence-corrected chi connectivity index (χ3v) is 4.39. The number of halogens is 3. The van der Waals surface area contributed by atoms with Gasteiger partial charge in [0, 0.05) is 12.0 Å². The van der Waals surface area contributed by atoms with Crippen LogP contribution in [-0.2, 0) is 22.4 Å². The van der Waals surface area contributed by atoms with Gasteiger partial charge in [0.05, 0.1) is 13.2 Å². The van der Waals surface area contributed by atoms with Crippen LogP contribution in [0.4, 0.5) is 13.2 Å². The van der Waals surface area contributed by atoms with E-state index in [9.17, 15) is 18.0 Å². The second kappa shape index (κ2) is 8.72. The molecule has 1 fully saturated rings. The number of amides is 1. The standard InChI is InChI=1S/C19H22F3N3O3/c1-2-3-10-27-25(16(26)11-13-4-5-13)12-14-6-8-15(9-7-14)17-23-18(28-24-17)19(20,21)22/h6-9,13H,2-5,10-12H2,1H3. The van der Waals surface area contributed by atoms with Gasteiger partial charge in [-0.2, -0.15) is 18.2 Å². The summed E-state index contributed by atoms with van der Waals surface area (Å²) < 4.78 is 42.0. The summed E-state index contributed by atoms with van der Waals surface area (Å²) >= 11 is 0. The van der Waals surface area contributed by atoms with Crippen LogP contribution in [0.1, 0.15) is 50.5 Å². The SMILES string of the molecule is CCCCON(Cc1ccc(-c2noc(C(F)(F)F)n2)cc1)C(=O)CC1CC1. The number of carbonyl (C=O) groups is 1. The number of unbranched alkanes of at least 4 members (excludes halogenated alkanes) is 1. The Kier molecular flexibility index (Phi) is 6.33. The number of hydroxylamine groups is 2. The smallest absolute Gasteiger partial charge is 0.329 e. The fourth-order valence-corrected chi connectivity index (χ4v) is 2.58. The first-order chi connectivity index (χ1) is 13.4. The number of hydrogen-bond donors (Lipinski definition) is 0. The number of alkyl halides is 3. The Bertz CT molecular complexity index is 786. The summed E-state index contributed by atoms with van der Waals surface area (Å²) in [5.74, 6) is -1.11. The first-order valence-electron chi connectivity index (χ1n) is 9.30. The second-order valence-electron chi connectivity index (χ2n) is 6.88. The highest BCUT2D eigenvalue weighted by molar-refractivity contribution is 5.75. The largest absolute Gasteiger partial charge is 0.471 e. The monoisotopic (exact) mass is 397 g/mol. The van der Waals surface area contributed by atoms with Crippen molar-refractivity contribution in [1.82, 2.24) is 15.2 Å². The molecule has 0 spiro atoms. The van der Waals surface area contributed by atoms with Gasteiger partial charge in [0.25, 0.3) is 0 Å². The van der Waals surface area contributed by atoms with E-state index >= 15 is 0 Å². The minimum Gasteiger partial charge on any atom is -0.329 e. The van der Waals surface area contributed by atoms with Gasteiger partial charge in [0.2, 0.25) is 11.7 Å². The lowest BCUT2D eigenvalue weighted by atomic mass is 10.1. The van der Waals surface area contributed by atoms with Crippen molar-refractivity contribution in [3.05, 3.63) is 35.7 Å². The molecule has 0 radical (unpaired) electrons. The molecule has 1 saturated carbocycles. The van der Waals surface area contributed by atoms with Crippen LogP contribution in [0, 0.1) is 5.92 Å². The zero-order valence-electron chi connectivity index (χ0n) is 15.5. The van der Waals surface area contributed by atoms with Crippen LogP contribution in [0.5, 0.6) is 0 Å². The van der Waals surface area contributed by atoms with Gasteiger partial charge in [-0.1, -0.05) is 42.8 Å². The van der Waals surface area contributed by atoms with Gasteiger partial charge in [-0.3, -0.25) is 9.63 Å². The van der Waals surface area contributed by atoms with E-state index in [1.807, 2.05) is 6.92 Å². The molecule has 0 unspecified atom stereocenters. The fourth-order valence-electron chi connectivity index (χ4n) is 2.58.